The number of amides is 1. The Labute approximate surface area is 163 Å². The highest BCUT2D eigenvalue weighted by Gasteiger charge is 2.25. The molecule has 4 rings (SSSR count). The van der Waals surface area contributed by atoms with Gasteiger partial charge in [-0.2, -0.15) is 0 Å². The van der Waals surface area contributed by atoms with Gasteiger partial charge in [-0.05, 0) is 48.9 Å². The van der Waals surface area contributed by atoms with Crippen molar-refractivity contribution in [2.45, 2.75) is 32.7 Å². The molecule has 5 heteroatoms. The van der Waals surface area contributed by atoms with Crippen molar-refractivity contribution in [1.29, 1.82) is 0 Å². The molecule has 0 saturated heterocycles. The van der Waals surface area contributed by atoms with Gasteiger partial charge >= 0.3 is 5.97 Å². The van der Waals surface area contributed by atoms with E-state index < -0.39 is 5.97 Å². The standard InChI is InChI=1S/C23H22N2O3/c1-15-7-2-3-8-16(15)13-24-21(26)14-28-23(27)22-17-9-4-5-11-19(17)25-20-12-6-10-18(20)22/h2-5,7-9,11H,6,10,12-14H2,1H3,(H,24,26). The summed E-state index contributed by atoms with van der Waals surface area (Å²) in [6.45, 7) is 2.11. The number of ether oxygens (including phenoxy) is 1. The quantitative estimate of drug-likeness (QED) is 0.694. The van der Waals surface area contributed by atoms with Gasteiger partial charge in [0.1, 0.15) is 0 Å². The van der Waals surface area contributed by atoms with Crippen molar-refractivity contribution in [3.05, 3.63) is 76.5 Å². The van der Waals surface area contributed by atoms with E-state index in [2.05, 4.69) is 10.3 Å². The molecule has 0 bridgehead atoms. The van der Waals surface area contributed by atoms with E-state index in [4.69, 9.17) is 4.74 Å². The molecule has 28 heavy (non-hydrogen) atoms. The van der Waals surface area contributed by atoms with Gasteiger partial charge in [-0.3, -0.25) is 9.78 Å². The van der Waals surface area contributed by atoms with Crippen LogP contribution in [-0.2, 0) is 28.9 Å². The lowest BCUT2D eigenvalue weighted by Gasteiger charge is -2.12. The van der Waals surface area contributed by atoms with Crippen LogP contribution in [0.5, 0.6) is 0 Å². The molecule has 1 aromatic heterocycles. The van der Waals surface area contributed by atoms with E-state index in [0.717, 1.165) is 52.5 Å². The predicted molar refractivity (Wildman–Crippen MR) is 107 cm³/mol. The number of para-hydroxylation sites is 1. The molecule has 1 heterocycles. The third kappa shape index (κ3) is 3.60. The maximum absolute atomic E-state index is 12.8. The minimum absolute atomic E-state index is 0.295. The number of benzene rings is 2. The molecule has 0 spiro atoms. The second-order valence-electron chi connectivity index (χ2n) is 7.06. The molecule has 1 amide bonds. The van der Waals surface area contributed by atoms with Gasteiger partial charge < -0.3 is 10.1 Å². The minimum Gasteiger partial charge on any atom is -0.452 e. The molecule has 1 N–H and O–H groups in total. The molecule has 142 valence electrons. The number of nitrogens with one attached hydrogen (secondary N) is 1. The zero-order valence-corrected chi connectivity index (χ0v) is 15.8. The Morgan fingerprint density at radius 2 is 1.86 bits per heavy atom. The molecular formula is C23H22N2O3. The van der Waals surface area contributed by atoms with Crippen molar-refractivity contribution in [1.82, 2.24) is 10.3 Å². The smallest absolute Gasteiger partial charge is 0.339 e. The predicted octanol–water partition coefficient (Wildman–Crippen LogP) is 3.51. The number of esters is 1. The topological polar surface area (TPSA) is 68.3 Å². The van der Waals surface area contributed by atoms with Gasteiger partial charge in [-0.1, -0.05) is 42.5 Å². The third-order valence-electron chi connectivity index (χ3n) is 5.20. The van der Waals surface area contributed by atoms with Crippen molar-refractivity contribution in [3.8, 4) is 0 Å². The van der Waals surface area contributed by atoms with Crippen LogP contribution >= 0.6 is 0 Å². The summed E-state index contributed by atoms with van der Waals surface area (Å²) in [6.07, 6.45) is 2.67. The fraction of sp³-hybridized carbons (Fsp3) is 0.261. The summed E-state index contributed by atoms with van der Waals surface area (Å²) in [5.41, 5.74) is 5.43. The van der Waals surface area contributed by atoms with E-state index in [0.29, 0.717) is 12.1 Å². The van der Waals surface area contributed by atoms with Crippen molar-refractivity contribution < 1.29 is 14.3 Å². The number of pyridine rings is 1. The van der Waals surface area contributed by atoms with Gasteiger partial charge in [0.15, 0.2) is 6.61 Å². The highest BCUT2D eigenvalue weighted by atomic mass is 16.5. The Hall–Kier alpha value is -3.21. The zero-order valence-electron chi connectivity index (χ0n) is 15.8. The number of aryl methyl sites for hydroxylation is 2. The number of carbonyl (C=O) groups excluding carboxylic acids is 2. The lowest BCUT2D eigenvalue weighted by molar-refractivity contribution is -0.124. The van der Waals surface area contributed by atoms with Gasteiger partial charge in [0.05, 0.1) is 11.1 Å². The molecule has 0 fully saturated rings. The van der Waals surface area contributed by atoms with E-state index in [1.807, 2.05) is 55.5 Å². The Balaban J connectivity index is 1.46. The monoisotopic (exact) mass is 374 g/mol. The van der Waals surface area contributed by atoms with Crippen LogP contribution in [0.1, 0.15) is 39.2 Å². The molecule has 2 aromatic carbocycles. The highest BCUT2D eigenvalue weighted by molar-refractivity contribution is 6.05. The van der Waals surface area contributed by atoms with E-state index in [9.17, 15) is 9.59 Å². The van der Waals surface area contributed by atoms with Gasteiger partial charge in [-0.25, -0.2) is 4.79 Å². The SMILES string of the molecule is Cc1ccccc1CNC(=O)COC(=O)c1c2c(nc3ccccc13)CCC2. The normalized spacial score (nSPS) is 12.6. The molecule has 1 aliphatic carbocycles. The minimum atomic E-state index is -0.456. The van der Waals surface area contributed by atoms with Crippen molar-refractivity contribution in [2.24, 2.45) is 0 Å². The van der Waals surface area contributed by atoms with Crippen LogP contribution < -0.4 is 5.32 Å². The largest absolute Gasteiger partial charge is 0.452 e. The molecule has 0 radical (unpaired) electrons. The second-order valence-corrected chi connectivity index (χ2v) is 7.06. The molecule has 5 nitrogen and oxygen atoms in total. The van der Waals surface area contributed by atoms with Crippen LogP contribution in [0.15, 0.2) is 48.5 Å². The molecule has 0 aliphatic heterocycles. The summed E-state index contributed by atoms with van der Waals surface area (Å²) in [5.74, 6) is -0.769. The number of hydrogen-bond donors (Lipinski definition) is 1. The summed E-state index contributed by atoms with van der Waals surface area (Å²) in [7, 11) is 0. The Kier molecular flexibility index (Phi) is 5.06. The van der Waals surface area contributed by atoms with Crippen molar-refractivity contribution >= 4 is 22.8 Å². The summed E-state index contributed by atoms with van der Waals surface area (Å²) in [4.78, 5) is 29.7. The average Bonchev–Trinajstić information content (AvgIpc) is 3.17. The molecule has 0 unspecified atom stereocenters. The molecule has 0 atom stereocenters. The van der Waals surface area contributed by atoms with Gasteiger partial charge in [-0.15, -0.1) is 0 Å². The van der Waals surface area contributed by atoms with Crippen molar-refractivity contribution in [3.63, 3.8) is 0 Å². The Morgan fingerprint density at radius 1 is 1.07 bits per heavy atom. The number of nitrogens with zero attached hydrogens (tertiary/aromatic N) is 1. The fourth-order valence-electron chi connectivity index (χ4n) is 3.70. The third-order valence-corrected chi connectivity index (χ3v) is 5.20. The van der Waals surface area contributed by atoms with E-state index in [-0.39, 0.29) is 12.5 Å². The van der Waals surface area contributed by atoms with Crippen molar-refractivity contribution in [2.75, 3.05) is 6.61 Å². The first-order valence-corrected chi connectivity index (χ1v) is 9.52. The molecule has 0 saturated carbocycles. The maximum Gasteiger partial charge on any atom is 0.339 e. The zero-order chi connectivity index (χ0) is 19.5. The summed E-state index contributed by atoms with van der Waals surface area (Å²) in [6, 6.07) is 15.4. The highest BCUT2D eigenvalue weighted by Crippen LogP contribution is 2.30. The van der Waals surface area contributed by atoms with Crippen LogP contribution in [0.2, 0.25) is 0 Å². The Morgan fingerprint density at radius 3 is 2.71 bits per heavy atom. The number of aromatic nitrogens is 1. The summed E-state index contributed by atoms with van der Waals surface area (Å²) in [5, 5.41) is 3.59. The van der Waals surface area contributed by atoms with E-state index in [1.165, 1.54) is 0 Å². The van der Waals surface area contributed by atoms with Crippen LogP contribution in [0.3, 0.4) is 0 Å². The van der Waals surface area contributed by atoms with Gasteiger partial charge in [0, 0.05) is 17.6 Å². The Bertz CT molecular complexity index is 1060. The van der Waals surface area contributed by atoms with E-state index >= 15 is 0 Å². The number of rotatable bonds is 5. The maximum atomic E-state index is 12.8. The lowest BCUT2D eigenvalue weighted by atomic mass is 10.0. The van der Waals surface area contributed by atoms with Crippen LogP contribution in [-0.4, -0.2) is 23.5 Å². The first kappa shape index (κ1) is 18.2. The average molecular weight is 374 g/mol. The van der Waals surface area contributed by atoms with Crippen LogP contribution in [0.25, 0.3) is 10.9 Å². The molecule has 1 aliphatic rings. The van der Waals surface area contributed by atoms with E-state index in [1.54, 1.807) is 0 Å². The van der Waals surface area contributed by atoms with Crippen LogP contribution in [0, 0.1) is 6.92 Å². The fourth-order valence-corrected chi connectivity index (χ4v) is 3.70. The first-order valence-electron chi connectivity index (χ1n) is 9.52. The van der Waals surface area contributed by atoms with Gasteiger partial charge in [0.25, 0.3) is 5.91 Å². The number of fused-ring (bicyclic) bond motifs is 2. The summed E-state index contributed by atoms with van der Waals surface area (Å²) < 4.78 is 5.36. The molecular weight excluding hydrogens is 352 g/mol. The number of carbonyl (C=O) groups is 2. The second kappa shape index (κ2) is 7.80. The summed E-state index contributed by atoms with van der Waals surface area (Å²) >= 11 is 0. The van der Waals surface area contributed by atoms with Gasteiger partial charge in [0.2, 0.25) is 0 Å². The number of hydrogen-bond acceptors (Lipinski definition) is 4. The first-order chi connectivity index (χ1) is 13.6. The lowest BCUT2D eigenvalue weighted by Crippen LogP contribution is -2.28. The molecule has 3 aromatic rings. The van der Waals surface area contributed by atoms with Crippen LogP contribution in [0.4, 0.5) is 0 Å².